The molecule has 0 saturated heterocycles. The molecule has 0 heterocycles. The van der Waals surface area contributed by atoms with Crippen LogP contribution in [0.4, 0.5) is 0 Å². The first-order valence-electron chi connectivity index (χ1n) is 7.59. The number of allylic oxidation sites excluding steroid dienone is 5. The van der Waals surface area contributed by atoms with E-state index in [2.05, 4.69) is 53.3 Å². The zero-order valence-electron chi connectivity index (χ0n) is 13.2. The molecule has 0 N–H and O–H groups in total. The third kappa shape index (κ3) is 7.53. The van der Waals surface area contributed by atoms with E-state index >= 15 is 0 Å². The fourth-order valence-corrected chi connectivity index (χ4v) is 1.85. The number of hydrogen-bond acceptors (Lipinski definition) is 0. The van der Waals surface area contributed by atoms with E-state index < -0.39 is 0 Å². The molecule has 0 aromatic rings. The second-order valence-electron chi connectivity index (χ2n) is 5.36. The molecule has 1 unspecified atom stereocenters. The van der Waals surface area contributed by atoms with Crippen molar-refractivity contribution in [3.63, 3.8) is 0 Å². The molecule has 0 amide bonds. The maximum atomic E-state index is 4.12. The summed E-state index contributed by atoms with van der Waals surface area (Å²) in [7, 11) is 0. The van der Waals surface area contributed by atoms with Crippen LogP contribution in [0.3, 0.4) is 0 Å². The Balaban J connectivity index is 4.72. The number of rotatable bonds is 9. The Morgan fingerprint density at radius 3 is 2.33 bits per heavy atom. The van der Waals surface area contributed by atoms with Gasteiger partial charge in [-0.05, 0) is 44.1 Å². The number of hydrogen-bond donors (Lipinski definition) is 0. The second kappa shape index (κ2) is 10.2. The first kappa shape index (κ1) is 17.2. The highest BCUT2D eigenvalue weighted by Gasteiger charge is 2.04. The smallest absolute Gasteiger partial charge is 0.0242 e. The lowest BCUT2D eigenvalue weighted by Gasteiger charge is -2.12. The van der Waals surface area contributed by atoms with Crippen LogP contribution in [-0.4, -0.2) is 0 Å². The summed E-state index contributed by atoms with van der Waals surface area (Å²) >= 11 is 0. The van der Waals surface area contributed by atoms with E-state index in [-0.39, 0.29) is 0 Å². The van der Waals surface area contributed by atoms with Crippen LogP contribution in [0.15, 0.2) is 35.5 Å². The van der Waals surface area contributed by atoms with Crippen molar-refractivity contribution in [3.05, 3.63) is 35.5 Å². The Hall–Kier alpha value is -0.780. The van der Waals surface area contributed by atoms with Crippen molar-refractivity contribution in [3.8, 4) is 0 Å². The summed E-state index contributed by atoms with van der Waals surface area (Å²) in [5.74, 6) is 0.680. The van der Waals surface area contributed by atoms with Crippen LogP contribution in [0.2, 0.25) is 0 Å². The molecule has 0 saturated carbocycles. The monoisotopic (exact) mass is 248 g/mol. The normalized spacial score (nSPS) is 14.7. The highest BCUT2D eigenvalue weighted by atomic mass is 14.1. The molecule has 0 aliphatic heterocycles. The first-order chi connectivity index (χ1) is 8.54. The molecule has 0 radical (unpaired) electrons. The zero-order chi connectivity index (χ0) is 14.0. The van der Waals surface area contributed by atoms with Gasteiger partial charge in [0.1, 0.15) is 0 Å². The fourth-order valence-electron chi connectivity index (χ4n) is 1.85. The van der Waals surface area contributed by atoms with Crippen LogP contribution in [0, 0.1) is 5.92 Å². The van der Waals surface area contributed by atoms with Gasteiger partial charge in [-0.3, -0.25) is 0 Å². The predicted molar refractivity (Wildman–Crippen MR) is 84.9 cm³/mol. The second-order valence-corrected chi connectivity index (χ2v) is 5.36. The summed E-state index contributed by atoms with van der Waals surface area (Å²) in [5.41, 5.74) is 4.38. The van der Waals surface area contributed by atoms with Crippen LogP contribution >= 0.6 is 0 Å². The Labute approximate surface area is 115 Å². The lowest BCUT2D eigenvalue weighted by atomic mass is 9.94. The molecule has 0 rings (SSSR count). The summed E-state index contributed by atoms with van der Waals surface area (Å²) in [4.78, 5) is 0. The molecule has 104 valence electrons. The third-order valence-corrected chi connectivity index (χ3v) is 3.62. The molecule has 0 heteroatoms. The topological polar surface area (TPSA) is 0 Å². The molecule has 1 atom stereocenters. The van der Waals surface area contributed by atoms with E-state index in [1.54, 1.807) is 0 Å². The zero-order valence-corrected chi connectivity index (χ0v) is 13.2. The minimum absolute atomic E-state index is 0.680. The van der Waals surface area contributed by atoms with Crippen LogP contribution in [0.5, 0.6) is 0 Å². The van der Waals surface area contributed by atoms with Gasteiger partial charge in [0.25, 0.3) is 0 Å². The van der Waals surface area contributed by atoms with Gasteiger partial charge in [-0.1, -0.05) is 70.4 Å². The Kier molecular flexibility index (Phi) is 9.73. The molecule has 0 aliphatic rings. The van der Waals surface area contributed by atoms with Crippen molar-refractivity contribution in [2.75, 3.05) is 0 Å². The number of unbranched alkanes of at least 4 members (excludes halogenated alkanes) is 1. The van der Waals surface area contributed by atoms with Gasteiger partial charge in [0.15, 0.2) is 0 Å². The quantitative estimate of drug-likeness (QED) is 0.325. The lowest BCUT2D eigenvalue weighted by molar-refractivity contribution is 0.687. The van der Waals surface area contributed by atoms with Crippen molar-refractivity contribution >= 4 is 0 Å². The predicted octanol–water partition coefficient (Wildman–Crippen LogP) is 6.45. The van der Waals surface area contributed by atoms with Gasteiger partial charge < -0.3 is 0 Å². The molecule has 18 heavy (non-hydrogen) atoms. The minimum Gasteiger partial charge on any atom is -0.0999 e. The Morgan fingerprint density at radius 2 is 1.83 bits per heavy atom. The molecule has 0 aromatic heterocycles. The molecule has 0 fully saturated rings. The maximum absolute atomic E-state index is 4.12. The van der Waals surface area contributed by atoms with Crippen molar-refractivity contribution in [2.24, 2.45) is 5.92 Å². The minimum atomic E-state index is 0.680. The highest BCUT2D eigenvalue weighted by molar-refractivity contribution is 5.30. The maximum Gasteiger partial charge on any atom is -0.0242 e. The summed E-state index contributed by atoms with van der Waals surface area (Å²) in [6.07, 6.45) is 11.9. The molecular formula is C18H32. The molecular weight excluding hydrogens is 216 g/mol. The van der Waals surface area contributed by atoms with Gasteiger partial charge >= 0.3 is 0 Å². The lowest BCUT2D eigenvalue weighted by Crippen LogP contribution is -1.94. The van der Waals surface area contributed by atoms with Crippen molar-refractivity contribution in [2.45, 2.75) is 73.1 Å². The Morgan fingerprint density at radius 1 is 1.17 bits per heavy atom. The summed E-state index contributed by atoms with van der Waals surface area (Å²) in [6.45, 7) is 15.4. The molecule has 0 aliphatic carbocycles. The van der Waals surface area contributed by atoms with Gasteiger partial charge in [0.05, 0.1) is 0 Å². The van der Waals surface area contributed by atoms with Crippen LogP contribution in [-0.2, 0) is 0 Å². The SMILES string of the molecule is C=C(CC)CCC(=CC(C)CC)/C(C)=C/CCC. The van der Waals surface area contributed by atoms with Crippen LogP contribution in [0.25, 0.3) is 0 Å². The molecule has 0 aromatic carbocycles. The highest BCUT2D eigenvalue weighted by Crippen LogP contribution is 2.22. The van der Waals surface area contributed by atoms with Gasteiger partial charge in [0, 0.05) is 0 Å². The van der Waals surface area contributed by atoms with Crippen molar-refractivity contribution < 1.29 is 0 Å². The fraction of sp³-hybridized carbons (Fsp3) is 0.667. The van der Waals surface area contributed by atoms with Crippen LogP contribution < -0.4 is 0 Å². The van der Waals surface area contributed by atoms with Crippen molar-refractivity contribution in [1.82, 2.24) is 0 Å². The van der Waals surface area contributed by atoms with E-state index in [1.807, 2.05) is 0 Å². The van der Waals surface area contributed by atoms with E-state index in [0.717, 1.165) is 19.3 Å². The molecule has 0 nitrogen and oxygen atoms in total. The standard InChI is InChI=1S/C18H32/c1-7-10-11-17(6)18(14-16(5)9-3)13-12-15(4)8-2/h11,14,16H,4,7-10,12-13H2,1-3,5-6H3/b17-11+,18-14?. The largest absolute Gasteiger partial charge is 0.0999 e. The first-order valence-corrected chi connectivity index (χ1v) is 7.59. The van der Waals surface area contributed by atoms with Crippen molar-refractivity contribution in [1.29, 1.82) is 0 Å². The average molecular weight is 248 g/mol. The molecule has 0 bridgehead atoms. The van der Waals surface area contributed by atoms with Gasteiger partial charge in [-0.15, -0.1) is 0 Å². The van der Waals surface area contributed by atoms with Crippen LogP contribution in [0.1, 0.15) is 73.1 Å². The summed E-state index contributed by atoms with van der Waals surface area (Å²) in [5, 5.41) is 0. The third-order valence-electron chi connectivity index (χ3n) is 3.62. The molecule has 0 spiro atoms. The summed E-state index contributed by atoms with van der Waals surface area (Å²) < 4.78 is 0. The average Bonchev–Trinajstić information content (AvgIpc) is 2.39. The van der Waals surface area contributed by atoms with Gasteiger partial charge in [-0.2, -0.15) is 0 Å². The van der Waals surface area contributed by atoms with E-state index in [9.17, 15) is 0 Å². The summed E-state index contributed by atoms with van der Waals surface area (Å²) in [6, 6.07) is 0. The van der Waals surface area contributed by atoms with E-state index in [4.69, 9.17) is 0 Å². The van der Waals surface area contributed by atoms with E-state index in [0.29, 0.717) is 5.92 Å². The van der Waals surface area contributed by atoms with E-state index in [1.165, 1.54) is 36.0 Å². The van der Waals surface area contributed by atoms with Gasteiger partial charge in [0.2, 0.25) is 0 Å². The Bertz CT molecular complexity index is 291. The van der Waals surface area contributed by atoms with Gasteiger partial charge in [-0.25, -0.2) is 0 Å².